The predicted octanol–water partition coefficient (Wildman–Crippen LogP) is 1.19. The van der Waals surface area contributed by atoms with Gasteiger partial charge in [-0.05, 0) is 17.7 Å². The number of esters is 2. The molecule has 0 bridgehead atoms. The second kappa shape index (κ2) is 5.88. The molecule has 7 heteroatoms. The number of aromatic carboxylic acids is 1. The molecule has 0 unspecified atom stereocenters. The lowest BCUT2D eigenvalue weighted by Crippen LogP contribution is -2.42. The van der Waals surface area contributed by atoms with E-state index in [0.29, 0.717) is 6.54 Å². The van der Waals surface area contributed by atoms with E-state index in [-0.39, 0.29) is 11.1 Å². The second-order valence-corrected chi connectivity index (χ2v) is 5.12. The number of rotatable bonds is 4. The maximum atomic E-state index is 11.7. The first-order valence-corrected chi connectivity index (χ1v) is 6.51. The molecule has 0 saturated carbocycles. The molecule has 1 heterocycles. The Morgan fingerprint density at radius 3 is 2.23 bits per heavy atom. The number of benzene rings is 1. The molecule has 1 aliphatic heterocycles. The normalized spacial score (nSPS) is 16.5. The van der Waals surface area contributed by atoms with Crippen LogP contribution < -0.4 is 5.32 Å². The van der Waals surface area contributed by atoms with Gasteiger partial charge < -0.3 is 19.9 Å². The standard InChI is InChI=1S/C15H15NO6/c1-15(2)21-13(19)11(14(20)22-15)8-16-7-9-3-5-10(6-4-9)12(17)18/h3-6,8,16H,7H2,1-2H3,(H,17,18). The first-order chi connectivity index (χ1) is 10.3. The molecule has 0 amide bonds. The Balaban J connectivity index is 1.99. The van der Waals surface area contributed by atoms with Crippen LogP contribution in [-0.2, 0) is 25.6 Å². The Labute approximate surface area is 126 Å². The minimum Gasteiger partial charge on any atom is -0.478 e. The van der Waals surface area contributed by atoms with Crippen molar-refractivity contribution in [2.24, 2.45) is 0 Å². The zero-order chi connectivity index (χ0) is 16.3. The molecular weight excluding hydrogens is 290 g/mol. The quantitative estimate of drug-likeness (QED) is 0.489. The summed E-state index contributed by atoms with van der Waals surface area (Å²) in [5, 5.41) is 11.6. The van der Waals surface area contributed by atoms with Gasteiger partial charge in [-0.25, -0.2) is 14.4 Å². The third-order valence-corrected chi connectivity index (χ3v) is 2.87. The highest BCUT2D eigenvalue weighted by Crippen LogP contribution is 2.22. The average Bonchev–Trinajstić information content (AvgIpc) is 2.41. The van der Waals surface area contributed by atoms with E-state index in [1.54, 1.807) is 12.1 Å². The zero-order valence-corrected chi connectivity index (χ0v) is 12.1. The molecule has 1 saturated heterocycles. The lowest BCUT2D eigenvalue weighted by atomic mass is 10.1. The molecule has 1 aromatic rings. The molecule has 2 N–H and O–H groups in total. The fourth-order valence-electron chi connectivity index (χ4n) is 1.81. The number of carbonyl (C=O) groups excluding carboxylic acids is 2. The van der Waals surface area contributed by atoms with Crippen molar-refractivity contribution in [3.63, 3.8) is 0 Å². The van der Waals surface area contributed by atoms with Crippen molar-refractivity contribution in [1.82, 2.24) is 5.32 Å². The molecule has 0 spiro atoms. The topological polar surface area (TPSA) is 102 Å². The van der Waals surface area contributed by atoms with Gasteiger partial charge in [-0.15, -0.1) is 0 Å². The van der Waals surface area contributed by atoms with Crippen molar-refractivity contribution >= 4 is 17.9 Å². The Hall–Kier alpha value is -2.83. The number of carboxylic acids is 1. The van der Waals surface area contributed by atoms with Crippen LogP contribution in [0.3, 0.4) is 0 Å². The first kappa shape index (κ1) is 15.6. The number of hydrogen-bond acceptors (Lipinski definition) is 6. The highest BCUT2D eigenvalue weighted by atomic mass is 16.7. The summed E-state index contributed by atoms with van der Waals surface area (Å²) in [6.45, 7) is 3.25. The number of carbonyl (C=O) groups is 3. The highest BCUT2D eigenvalue weighted by molar-refractivity contribution is 6.15. The van der Waals surface area contributed by atoms with Crippen LogP contribution in [0, 0.1) is 0 Å². The van der Waals surface area contributed by atoms with Crippen LogP contribution in [0.4, 0.5) is 0 Å². The van der Waals surface area contributed by atoms with Crippen LogP contribution in [0.1, 0.15) is 29.8 Å². The van der Waals surface area contributed by atoms with Crippen molar-refractivity contribution in [2.75, 3.05) is 0 Å². The number of nitrogens with one attached hydrogen (secondary N) is 1. The highest BCUT2D eigenvalue weighted by Gasteiger charge is 2.38. The van der Waals surface area contributed by atoms with Crippen LogP contribution in [0.25, 0.3) is 0 Å². The third-order valence-electron chi connectivity index (χ3n) is 2.87. The minimum absolute atomic E-state index is 0.184. The molecular formula is C15H15NO6. The third kappa shape index (κ3) is 3.63. The van der Waals surface area contributed by atoms with Crippen molar-refractivity contribution in [2.45, 2.75) is 26.2 Å². The molecule has 22 heavy (non-hydrogen) atoms. The minimum atomic E-state index is -1.27. The molecule has 0 radical (unpaired) electrons. The van der Waals surface area contributed by atoms with Gasteiger partial charge in [-0.3, -0.25) is 0 Å². The average molecular weight is 305 g/mol. The van der Waals surface area contributed by atoms with Gasteiger partial charge in [-0.1, -0.05) is 12.1 Å². The summed E-state index contributed by atoms with van der Waals surface area (Å²) < 4.78 is 9.89. The smallest absolute Gasteiger partial charge is 0.350 e. The van der Waals surface area contributed by atoms with Crippen molar-refractivity contribution in [1.29, 1.82) is 0 Å². The van der Waals surface area contributed by atoms with E-state index in [0.717, 1.165) is 5.56 Å². The van der Waals surface area contributed by atoms with Gasteiger partial charge in [0, 0.05) is 26.6 Å². The molecule has 0 aliphatic carbocycles. The Morgan fingerprint density at radius 1 is 1.18 bits per heavy atom. The maximum absolute atomic E-state index is 11.7. The summed E-state index contributed by atoms with van der Waals surface area (Å²) in [6, 6.07) is 6.21. The van der Waals surface area contributed by atoms with E-state index in [9.17, 15) is 14.4 Å². The van der Waals surface area contributed by atoms with E-state index in [1.807, 2.05) is 0 Å². The zero-order valence-electron chi connectivity index (χ0n) is 12.1. The molecule has 7 nitrogen and oxygen atoms in total. The number of cyclic esters (lactones) is 2. The SMILES string of the molecule is CC1(C)OC(=O)C(=CNCc2ccc(C(=O)O)cc2)C(=O)O1. The van der Waals surface area contributed by atoms with Crippen molar-refractivity contribution in [3.8, 4) is 0 Å². The molecule has 0 atom stereocenters. The van der Waals surface area contributed by atoms with Gasteiger partial charge >= 0.3 is 17.9 Å². The van der Waals surface area contributed by atoms with E-state index in [4.69, 9.17) is 14.6 Å². The molecule has 0 aromatic heterocycles. The van der Waals surface area contributed by atoms with Gasteiger partial charge in [0.2, 0.25) is 0 Å². The Bertz CT molecular complexity index is 623. The van der Waals surface area contributed by atoms with E-state index >= 15 is 0 Å². The van der Waals surface area contributed by atoms with E-state index < -0.39 is 23.7 Å². The summed E-state index contributed by atoms with van der Waals surface area (Å²) in [4.78, 5) is 34.1. The van der Waals surface area contributed by atoms with Gasteiger partial charge in [0.05, 0.1) is 5.56 Å². The predicted molar refractivity (Wildman–Crippen MR) is 74.6 cm³/mol. The van der Waals surface area contributed by atoms with Crippen LogP contribution in [-0.4, -0.2) is 28.8 Å². The lowest BCUT2D eigenvalue weighted by molar-refractivity contribution is -0.222. The summed E-state index contributed by atoms with van der Waals surface area (Å²) in [7, 11) is 0. The second-order valence-electron chi connectivity index (χ2n) is 5.12. The van der Waals surface area contributed by atoms with Gasteiger partial charge in [0.25, 0.3) is 5.79 Å². The van der Waals surface area contributed by atoms with E-state index in [1.165, 1.54) is 32.2 Å². The van der Waals surface area contributed by atoms with Crippen LogP contribution >= 0.6 is 0 Å². The monoisotopic (exact) mass is 305 g/mol. The maximum Gasteiger partial charge on any atom is 0.350 e. The van der Waals surface area contributed by atoms with Crippen molar-refractivity contribution < 1.29 is 29.0 Å². The fraction of sp³-hybridized carbons (Fsp3) is 0.267. The molecule has 1 aliphatic rings. The van der Waals surface area contributed by atoms with Crippen molar-refractivity contribution in [3.05, 3.63) is 47.2 Å². The molecule has 1 fully saturated rings. The van der Waals surface area contributed by atoms with E-state index in [2.05, 4.69) is 5.32 Å². The number of carboxylic acid groups (broad SMARTS) is 1. The summed E-state index contributed by atoms with van der Waals surface area (Å²) >= 11 is 0. The van der Waals surface area contributed by atoms with Crippen LogP contribution in [0.15, 0.2) is 36.0 Å². The van der Waals surface area contributed by atoms with Crippen LogP contribution in [0.2, 0.25) is 0 Å². The fourth-order valence-corrected chi connectivity index (χ4v) is 1.81. The summed E-state index contributed by atoms with van der Waals surface area (Å²) in [5.41, 5.74) is 0.755. The molecule has 2 rings (SSSR count). The summed E-state index contributed by atoms with van der Waals surface area (Å²) in [5.74, 6) is -3.78. The van der Waals surface area contributed by atoms with Gasteiger partial charge in [0.15, 0.2) is 5.57 Å². The Morgan fingerprint density at radius 2 is 1.73 bits per heavy atom. The summed E-state index contributed by atoms with van der Waals surface area (Å²) in [6.07, 6.45) is 1.23. The Kier molecular flexibility index (Phi) is 4.16. The first-order valence-electron chi connectivity index (χ1n) is 6.51. The largest absolute Gasteiger partial charge is 0.478 e. The van der Waals surface area contributed by atoms with Crippen LogP contribution in [0.5, 0.6) is 0 Å². The molecule has 116 valence electrons. The molecule has 1 aromatic carbocycles. The number of ether oxygens (including phenoxy) is 2. The lowest BCUT2D eigenvalue weighted by Gasteiger charge is -2.29. The van der Waals surface area contributed by atoms with Gasteiger partial charge in [0.1, 0.15) is 0 Å². The number of hydrogen-bond donors (Lipinski definition) is 2. The van der Waals surface area contributed by atoms with Gasteiger partial charge in [-0.2, -0.15) is 0 Å².